The van der Waals surface area contributed by atoms with Crippen LogP contribution in [0.15, 0.2) is 97.1 Å². The van der Waals surface area contributed by atoms with Gasteiger partial charge in [-0.25, -0.2) is 0 Å². The second-order valence-corrected chi connectivity index (χ2v) is 10.3. The van der Waals surface area contributed by atoms with E-state index in [1.165, 1.54) is 22.3 Å². The van der Waals surface area contributed by atoms with Gasteiger partial charge >= 0.3 is 0 Å². The maximum atomic E-state index is 5.60. The fraction of sp³-hybridized carbons (Fsp3) is 0.368. The molecule has 4 heteroatoms. The van der Waals surface area contributed by atoms with Crippen molar-refractivity contribution in [1.82, 2.24) is 0 Å². The number of hydrogen-bond acceptors (Lipinski definition) is 4. The molecule has 0 aliphatic heterocycles. The van der Waals surface area contributed by atoms with Crippen molar-refractivity contribution < 1.29 is 18.9 Å². The van der Waals surface area contributed by atoms with E-state index in [-0.39, 0.29) is 0 Å². The minimum atomic E-state index is 0.588. The third kappa shape index (κ3) is 15.2. The Morgan fingerprint density at radius 3 is 1.17 bits per heavy atom. The summed E-state index contributed by atoms with van der Waals surface area (Å²) in [5.74, 6) is 4.55. The molecule has 228 valence electrons. The maximum Gasteiger partial charge on any atom is 0.122 e. The summed E-state index contributed by atoms with van der Waals surface area (Å²) >= 11 is 0. The first kappa shape index (κ1) is 36.1. The van der Waals surface area contributed by atoms with Crippen molar-refractivity contribution in [3.8, 4) is 23.0 Å². The summed E-state index contributed by atoms with van der Waals surface area (Å²) in [6.07, 6.45) is 1.06. The van der Waals surface area contributed by atoms with Gasteiger partial charge in [-0.15, -0.1) is 0 Å². The molecule has 0 aliphatic carbocycles. The summed E-state index contributed by atoms with van der Waals surface area (Å²) in [5, 5.41) is 0. The number of aryl methyl sites for hydroxylation is 4. The van der Waals surface area contributed by atoms with Crippen molar-refractivity contribution in [2.24, 2.45) is 5.92 Å². The van der Waals surface area contributed by atoms with E-state index in [2.05, 4.69) is 46.8 Å². The van der Waals surface area contributed by atoms with E-state index in [0.717, 1.165) is 49.2 Å². The Labute approximate surface area is 255 Å². The van der Waals surface area contributed by atoms with Crippen LogP contribution >= 0.6 is 0 Å². The van der Waals surface area contributed by atoms with E-state index in [4.69, 9.17) is 18.9 Å². The first-order valence-electron chi connectivity index (χ1n) is 14.9. The van der Waals surface area contributed by atoms with E-state index >= 15 is 0 Å². The van der Waals surface area contributed by atoms with E-state index in [0.29, 0.717) is 5.92 Å². The van der Waals surface area contributed by atoms with Crippen LogP contribution in [0.25, 0.3) is 0 Å². The fourth-order valence-corrected chi connectivity index (χ4v) is 3.56. The van der Waals surface area contributed by atoms with Crippen molar-refractivity contribution in [2.45, 2.75) is 61.8 Å². The lowest BCUT2D eigenvalue weighted by Gasteiger charge is -2.10. The van der Waals surface area contributed by atoms with Crippen molar-refractivity contribution in [2.75, 3.05) is 26.9 Å². The van der Waals surface area contributed by atoms with Crippen LogP contribution in [0, 0.1) is 33.6 Å². The Hall–Kier alpha value is -3.92. The predicted molar refractivity (Wildman–Crippen MR) is 179 cm³/mol. The van der Waals surface area contributed by atoms with Gasteiger partial charge in [0.2, 0.25) is 0 Å². The SMILES string of the molecule is CCCOc1ccccc1C.CCOc1ccccc1C.COc1ccccc1C.Cc1ccccc1OCC(C)C. The minimum absolute atomic E-state index is 0.588. The van der Waals surface area contributed by atoms with Crippen LogP contribution in [-0.2, 0) is 0 Å². The minimum Gasteiger partial charge on any atom is -0.496 e. The molecule has 4 aromatic carbocycles. The van der Waals surface area contributed by atoms with Crippen molar-refractivity contribution in [3.63, 3.8) is 0 Å². The topological polar surface area (TPSA) is 36.9 Å². The number of ether oxygens (including phenoxy) is 4. The maximum absolute atomic E-state index is 5.60. The van der Waals surface area contributed by atoms with Gasteiger partial charge in [0.05, 0.1) is 26.9 Å². The summed E-state index contributed by atoms with van der Waals surface area (Å²) in [5.41, 5.74) is 4.79. The molecule has 0 heterocycles. The van der Waals surface area contributed by atoms with Crippen LogP contribution in [0.3, 0.4) is 0 Å². The Kier molecular flexibility index (Phi) is 18.7. The van der Waals surface area contributed by atoms with Gasteiger partial charge in [0.25, 0.3) is 0 Å². The van der Waals surface area contributed by atoms with Gasteiger partial charge in [0.15, 0.2) is 0 Å². The van der Waals surface area contributed by atoms with Crippen molar-refractivity contribution in [3.05, 3.63) is 119 Å². The van der Waals surface area contributed by atoms with Crippen LogP contribution in [-0.4, -0.2) is 26.9 Å². The summed E-state index contributed by atoms with van der Waals surface area (Å²) in [7, 11) is 1.68. The zero-order chi connectivity index (χ0) is 31.2. The molecule has 0 unspecified atom stereocenters. The molecule has 4 aromatic rings. The lowest BCUT2D eigenvalue weighted by molar-refractivity contribution is 0.269. The fourth-order valence-electron chi connectivity index (χ4n) is 3.56. The molecule has 0 saturated heterocycles. The zero-order valence-corrected chi connectivity index (χ0v) is 27.3. The van der Waals surface area contributed by atoms with Crippen LogP contribution < -0.4 is 18.9 Å². The van der Waals surface area contributed by atoms with Gasteiger partial charge < -0.3 is 18.9 Å². The number of rotatable bonds is 9. The summed E-state index contributed by atoms with van der Waals surface area (Å²) in [6, 6.07) is 32.2. The average molecular weight is 573 g/mol. The molecule has 0 saturated carbocycles. The highest BCUT2D eigenvalue weighted by molar-refractivity contribution is 5.33. The van der Waals surface area contributed by atoms with E-state index < -0.39 is 0 Å². The lowest BCUT2D eigenvalue weighted by atomic mass is 10.2. The standard InChI is InChI=1S/C11H16O.C10H14O.C9H12O.C8H10O/c1-9(2)8-12-11-7-5-4-6-10(11)3;1-3-8-11-10-7-5-4-6-9(10)2;1-3-10-9-7-5-4-6-8(9)2;1-7-5-3-4-6-8(7)9-2/h4-7,9H,8H2,1-3H3;4-7H,3,8H2,1-2H3;4-7H,3H2,1-2H3;3-6H,1-2H3. The van der Waals surface area contributed by atoms with Crippen molar-refractivity contribution >= 4 is 0 Å². The molecule has 0 fully saturated rings. The molecule has 4 nitrogen and oxygen atoms in total. The summed E-state index contributed by atoms with van der Waals surface area (Å²) in [4.78, 5) is 0. The zero-order valence-electron chi connectivity index (χ0n) is 27.3. The first-order chi connectivity index (χ1) is 20.2. The van der Waals surface area contributed by atoms with Gasteiger partial charge in [-0.2, -0.15) is 0 Å². The van der Waals surface area contributed by atoms with Gasteiger partial charge in [-0.3, -0.25) is 0 Å². The quantitative estimate of drug-likeness (QED) is 0.200. The molecule has 0 spiro atoms. The molecule has 0 aromatic heterocycles. The first-order valence-corrected chi connectivity index (χ1v) is 14.9. The van der Waals surface area contributed by atoms with Crippen molar-refractivity contribution in [1.29, 1.82) is 0 Å². The largest absolute Gasteiger partial charge is 0.496 e. The molecular formula is C38H52O4. The average Bonchev–Trinajstić information content (AvgIpc) is 2.99. The molecule has 0 radical (unpaired) electrons. The second kappa shape index (κ2) is 21.8. The molecule has 0 N–H and O–H groups in total. The highest BCUT2D eigenvalue weighted by atomic mass is 16.5. The Morgan fingerprint density at radius 2 is 0.857 bits per heavy atom. The second-order valence-electron chi connectivity index (χ2n) is 10.3. The van der Waals surface area contributed by atoms with E-state index in [1.54, 1.807) is 7.11 Å². The Balaban J connectivity index is 0.000000281. The normalized spacial score (nSPS) is 9.67. The highest BCUT2D eigenvalue weighted by Gasteiger charge is 1.99. The molecule has 0 bridgehead atoms. The van der Waals surface area contributed by atoms with Crippen LogP contribution in [0.2, 0.25) is 0 Å². The molecule has 0 atom stereocenters. The molecule has 4 rings (SSSR count). The molecule has 0 amide bonds. The van der Waals surface area contributed by atoms with E-state index in [9.17, 15) is 0 Å². The predicted octanol–water partition coefficient (Wildman–Crippen LogP) is 10.2. The highest BCUT2D eigenvalue weighted by Crippen LogP contribution is 2.18. The van der Waals surface area contributed by atoms with Gasteiger partial charge in [-0.1, -0.05) is 93.6 Å². The monoisotopic (exact) mass is 572 g/mol. The third-order valence-electron chi connectivity index (χ3n) is 5.93. The van der Waals surface area contributed by atoms with Crippen LogP contribution in [0.4, 0.5) is 0 Å². The Bertz CT molecular complexity index is 1250. The molecule has 0 aliphatic rings. The smallest absolute Gasteiger partial charge is 0.122 e. The third-order valence-corrected chi connectivity index (χ3v) is 5.93. The number of methoxy groups -OCH3 is 1. The van der Waals surface area contributed by atoms with Gasteiger partial charge in [-0.05, 0) is 93.5 Å². The number of para-hydroxylation sites is 4. The van der Waals surface area contributed by atoms with E-state index in [1.807, 2.05) is 106 Å². The number of hydrogen-bond donors (Lipinski definition) is 0. The Morgan fingerprint density at radius 1 is 0.500 bits per heavy atom. The number of benzene rings is 4. The van der Waals surface area contributed by atoms with Crippen LogP contribution in [0.5, 0.6) is 23.0 Å². The van der Waals surface area contributed by atoms with Gasteiger partial charge in [0.1, 0.15) is 23.0 Å². The lowest BCUT2D eigenvalue weighted by Crippen LogP contribution is -2.05. The summed E-state index contributed by atoms with van der Waals surface area (Å²) < 4.78 is 21.5. The molecule has 42 heavy (non-hydrogen) atoms. The summed E-state index contributed by atoms with van der Waals surface area (Å²) in [6.45, 7) is 19.0. The van der Waals surface area contributed by atoms with Crippen LogP contribution in [0.1, 0.15) is 56.4 Å². The molecular weight excluding hydrogens is 520 g/mol. The van der Waals surface area contributed by atoms with Gasteiger partial charge in [0, 0.05) is 0 Å².